The van der Waals surface area contributed by atoms with Crippen LogP contribution in [0, 0.1) is 119 Å². The molecule has 0 saturated carbocycles. The summed E-state index contributed by atoms with van der Waals surface area (Å²) in [4.78, 5) is 14.5. The molecule has 0 aromatic carbocycles. The predicted molar refractivity (Wildman–Crippen MR) is 106 cm³/mol. The Morgan fingerprint density at radius 1 is 0.759 bits per heavy atom. The summed E-state index contributed by atoms with van der Waals surface area (Å²) >= 11 is 0. The Labute approximate surface area is 166 Å². The molecule has 2 rings (SSSR count). The molecule has 2 heterocycles. The Bertz CT molecular complexity index is 1600. The minimum Gasteiger partial charge on any atom is -0.413 e. The van der Waals surface area contributed by atoms with Gasteiger partial charge in [-0.3, -0.25) is 0 Å². The smallest absolute Gasteiger partial charge is 0.364 e. The highest BCUT2D eigenvalue weighted by molar-refractivity contribution is 5.47. The van der Waals surface area contributed by atoms with Gasteiger partial charge >= 0.3 is 11.5 Å². The monoisotopic (exact) mass is 365 g/mol. The van der Waals surface area contributed by atoms with Crippen molar-refractivity contribution in [3.63, 3.8) is 0 Å². The van der Waals surface area contributed by atoms with Gasteiger partial charge in [0.1, 0.15) is 0 Å². The number of nitrogens with one attached hydrogen (secondary N) is 1. The SMILES string of the molecule is C#CC#CC#CC#CC#CC#CC#CC#CC#CC#Cc1cn2[nH]c(=O)nc2o1. The summed E-state index contributed by atoms with van der Waals surface area (Å²) in [5.74, 6) is 47.2. The maximum atomic E-state index is 10.9. The van der Waals surface area contributed by atoms with Gasteiger partial charge in [0.25, 0.3) is 0 Å². The van der Waals surface area contributed by atoms with Crippen LogP contribution in [0.2, 0.25) is 0 Å². The number of H-pyrrole nitrogens is 1. The number of oxazole rings is 1. The quantitative estimate of drug-likeness (QED) is 0.648. The minimum atomic E-state index is -0.502. The number of rotatable bonds is 0. The first-order valence-electron chi connectivity index (χ1n) is 7.34. The largest absolute Gasteiger partial charge is 0.413 e. The Morgan fingerprint density at radius 3 is 1.66 bits per heavy atom. The molecule has 1 N–H and O–H groups in total. The fourth-order valence-electron chi connectivity index (χ4n) is 1.37. The predicted octanol–water partition coefficient (Wildman–Crippen LogP) is -0.373. The van der Waals surface area contributed by atoms with E-state index in [0.717, 1.165) is 0 Å². The molecule has 2 aromatic rings. The van der Waals surface area contributed by atoms with Crippen LogP contribution in [0.15, 0.2) is 15.4 Å². The lowest BCUT2D eigenvalue weighted by molar-refractivity contribution is 0.581. The van der Waals surface area contributed by atoms with Crippen molar-refractivity contribution in [2.24, 2.45) is 0 Å². The second kappa shape index (κ2) is 11.6. The molecule has 0 aliphatic heterocycles. The van der Waals surface area contributed by atoms with E-state index in [9.17, 15) is 4.79 Å². The first kappa shape index (κ1) is 19.4. The van der Waals surface area contributed by atoms with E-state index < -0.39 is 5.69 Å². The molecule has 0 fully saturated rings. The molecule has 5 nitrogen and oxygen atoms in total. The van der Waals surface area contributed by atoms with E-state index in [1.54, 1.807) is 0 Å². The zero-order valence-corrected chi connectivity index (χ0v) is 14.4. The average molecular weight is 365 g/mol. The van der Waals surface area contributed by atoms with E-state index in [0.29, 0.717) is 5.76 Å². The summed E-state index contributed by atoms with van der Waals surface area (Å²) in [5.41, 5.74) is -0.502. The summed E-state index contributed by atoms with van der Waals surface area (Å²) in [6.07, 6.45) is 6.39. The standard InChI is InChI=1S/C24H3N3O2/c1-2-3-4-5-6-7-8-9-10-11-12-13-14-15-16-17-18-19-20-22-21-27-24(29-22)25-23(28)26-27/h1,21H,(H,26,28). The highest BCUT2D eigenvalue weighted by Gasteiger charge is 2.03. The van der Waals surface area contributed by atoms with Crippen molar-refractivity contribution >= 4 is 5.84 Å². The topological polar surface area (TPSA) is 63.3 Å². The van der Waals surface area contributed by atoms with Crippen LogP contribution in [-0.4, -0.2) is 14.6 Å². The molecule has 0 unspecified atom stereocenters. The molecule has 0 radical (unpaired) electrons. The Hall–Kier alpha value is -5.92. The van der Waals surface area contributed by atoms with Crippen molar-refractivity contribution in [2.45, 2.75) is 0 Å². The van der Waals surface area contributed by atoms with Gasteiger partial charge in [0.05, 0.1) is 6.20 Å². The maximum Gasteiger partial charge on any atom is 0.364 e. The van der Waals surface area contributed by atoms with Gasteiger partial charge in [-0.1, -0.05) is 0 Å². The summed E-state index contributed by atoms with van der Waals surface area (Å²) in [5, 5.41) is 2.41. The van der Waals surface area contributed by atoms with Crippen molar-refractivity contribution in [1.29, 1.82) is 0 Å². The summed E-state index contributed by atoms with van der Waals surface area (Å²) in [7, 11) is 0. The van der Waals surface area contributed by atoms with E-state index in [1.807, 2.05) is 0 Å². The molecule has 5 heteroatoms. The molecule has 29 heavy (non-hydrogen) atoms. The minimum absolute atomic E-state index is 0.125. The summed E-state index contributed by atoms with van der Waals surface area (Å²) in [6, 6.07) is 0. The van der Waals surface area contributed by atoms with Crippen LogP contribution in [0.1, 0.15) is 5.76 Å². The highest BCUT2D eigenvalue weighted by Crippen LogP contribution is 2.02. The molecule has 0 aliphatic carbocycles. The van der Waals surface area contributed by atoms with Crippen molar-refractivity contribution in [3.05, 3.63) is 22.4 Å². The summed E-state index contributed by atoms with van der Waals surface area (Å²) < 4.78 is 6.51. The molecule has 0 bridgehead atoms. The Morgan fingerprint density at radius 2 is 1.21 bits per heavy atom. The Kier molecular flexibility index (Phi) is 7.76. The fourth-order valence-corrected chi connectivity index (χ4v) is 1.37. The van der Waals surface area contributed by atoms with Crippen LogP contribution < -0.4 is 5.69 Å². The van der Waals surface area contributed by atoms with Crippen LogP contribution in [0.4, 0.5) is 0 Å². The van der Waals surface area contributed by atoms with Crippen LogP contribution in [0.25, 0.3) is 5.84 Å². The summed E-state index contributed by atoms with van der Waals surface area (Å²) in [6.45, 7) is 0. The van der Waals surface area contributed by atoms with Gasteiger partial charge in [0.15, 0.2) is 0 Å². The van der Waals surface area contributed by atoms with Crippen molar-refractivity contribution in [3.8, 4) is 119 Å². The lowest BCUT2D eigenvalue weighted by Gasteiger charge is -1.72. The molecular formula is C24H3N3O2. The lowest BCUT2D eigenvalue weighted by Crippen LogP contribution is -2.01. The van der Waals surface area contributed by atoms with E-state index in [-0.39, 0.29) is 5.84 Å². The first-order valence-corrected chi connectivity index (χ1v) is 7.34. The van der Waals surface area contributed by atoms with Crippen molar-refractivity contribution < 1.29 is 4.42 Å². The first-order chi connectivity index (χ1) is 14.3. The second-order valence-corrected chi connectivity index (χ2v) is 4.17. The van der Waals surface area contributed by atoms with Crippen LogP contribution >= 0.6 is 0 Å². The number of fused-ring (bicyclic) bond motifs is 1. The maximum absolute atomic E-state index is 10.9. The van der Waals surface area contributed by atoms with Gasteiger partial charge in [-0.15, -0.1) is 11.4 Å². The van der Waals surface area contributed by atoms with Gasteiger partial charge in [-0.2, -0.15) is 0 Å². The second-order valence-electron chi connectivity index (χ2n) is 4.17. The highest BCUT2D eigenvalue weighted by atomic mass is 16.4. The van der Waals surface area contributed by atoms with Crippen LogP contribution in [0.3, 0.4) is 0 Å². The van der Waals surface area contributed by atoms with Gasteiger partial charge in [0.2, 0.25) is 5.76 Å². The number of aromatic nitrogens is 3. The average Bonchev–Trinajstić information content (AvgIpc) is 3.24. The molecule has 0 amide bonds. The van der Waals surface area contributed by atoms with E-state index >= 15 is 0 Å². The van der Waals surface area contributed by atoms with E-state index in [4.69, 9.17) is 10.8 Å². The van der Waals surface area contributed by atoms with Gasteiger partial charge in [0, 0.05) is 11.8 Å². The van der Waals surface area contributed by atoms with Crippen molar-refractivity contribution in [2.75, 3.05) is 0 Å². The van der Waals surface area contributed by atoms with Gasteiger partial charge in [-0.05, 0) is 101 Å². The number of nitrogens with zero attached hydrogens (tertiary/aromatic N) is 2. The number of hydrogen-bond acceptors (Lipinski definition) is 3. The molecule has 0 atom stereocenters. The molecule has 126 valence electrons. The third-order valence-corrected chi connectivity index (χ3v) is 2.32. The Balaban J connectivity index is 1.82. The van der Waals surface area contributed by atoms with Crippen molar-refractivity contribution in [1.82, 2.24) is 14.6 Å². The number of terminal acetylenes is 1. The zero-order valence-electron chi connectivity index (χ0n) is 14.4. The molecule has 0 spiro atoms. The molecule has 2 aromatic heterocycles. The third-order valence-electron chi connectivity index (χ3n) is 2.32. The van der Waals surface area contributed by atoms with Crippen LogP contribution in [-0.2, 0) is 0 Å². The van der Waals surface area contributed by atoms with Gasteiger partial charge in [-0.25, -0.2) is 14.4 Å². The zero-order chi connectivity index (χ0) is 20.6. The lowest BCUT2D eigenvalue weighted by atomic mass is 10.4. The van der Waals surface area contributed by atoms with E-state index in [1.165, 1.54) is 10.7 Å². The number of aromatic amines is 1. The molecular weight excluding hydrogens is 362 g/mol. The van der Waals surface area contributed by atoms with Gasteiger partial charge < -0.3 is 4.42 Å². The molecule has 0 aliphatic rings. The number of hydrogen-bond donors (Lipinski definition) is 1. The third kappa shape index (κ3) is 7.67. The fraction of sp³-hybridized carbons (Fsp3) is 0. The van der Waals surface area contributed by atoms with Crippen LogP contribution in [0.5, 0.6) is 0 Å². The molecule has 0 saturated heterocycles. The normalized spacial score (nSPS) is 6.31. The van der Waals surface area contributed by atoms with E-state index in [2.05, 4.69) is 123 Å².